The smallest absolute Gasteiger partial charge is 0.317 e. The minimum atomic E-state index is -0.966. The number of carbonyl (C=O) groups is 2. The van der Waals surface area contributed by atoms with E-state index in [4.69, 9.17) is 0 Å². The Labute approximate surface area is 163 Å². The summed E-state index contributed by atoms with van der Waals surface area (Å²) >= 11 is 1.18. The van der Waals surface area contributed by atoms with E-state index in [9.17, 15) is 14.7 Å². The molecule has 6 heteroatoms. The fourth-order valence-electron chi connectivity index (χ4n) is 2.90. The van der Waals surface area contributed by atoms with E-state index in [-0.39, 0.29) is 12.3 Å². The van der Waals surface area contributed by atoms with E-state index in [0.717, 1.165) is 12.0 Å². The van der Waals surface area contributed by atoms with Crippen LogP contribution in [-0.2, 0) is 22.4 Å². The largest absolute Gasteiger partial charge is 0.480 e. The third-order valence-electron chi connectivity index (χ3n) is 4.37. The number of benzene rings is 2. The Bertz CT molecular complexity index is 809. The van der Waals surface area contributed by atoms with Crippen LogP contribution in [0.4, 0.5) is 0 Å². The van der Waals surface area contributed by atoms with Crippen LogP contribution in [0.15, 0.2) is 65.7 Å². The van der Waals surface area contributed by atoms with E-state index in [1.165, 1.54) is 17.3 Å². The van der Waals surface area contributed by atoms with Gasteiger partial charge in [0.2, 0.25) is 5.91 Å². The highest BCUT2D eigenvalue weighted by atomic mass is 32.2. The molecule has 0 aliphatic carbocycles. The summed E-state index contributed by atoms with van der Waals surface area (Å²) in [6.07, 6.45) is 1.47. The van der Waals surface area contributed by atoms with Crippen molar-refractivity contribution in [3.63, 3.8) is 0 Å². The third kappa shape index (κ3) is 5.44. The molecule has 0 spiro atoms. The number of carboxylic acid groups (broad SMARTS) is 1. The fraction of sp³-hybridized carbons (Fsp3) is 0.286. The molecule has 140 valence electrons. The van der Waals surface area contributed by atoms with Gasteiger partial charge in [-0.2, -0.15) is 0 Å². The summed E-state index contributed by atoms with van der Waals surface area (Å²) < 4.78 is 0. The minimum Gasteiger partial charge on any atom is -0.480 e. The summed E-state index contributed by atoms with van der Waals surface area (Å²) in [7, 11) is 0. The molecular formula is C21H22N2O3S. The molecule has 0 bridgehead atoms. The molecule has 1 aliphatic heterocycles. The number of amidine groups is 1. The van der Waals surface area contributed by atoms with Gasteiger partial charge in [-0.05, 0) is 24.0 Å². The van der Waals surface area contributed by atoms with E-state index in [1.807, 2.05) is 60.7 Å². The number of hydrogen-bond donors (Lipinski definition) is 1. The summed E-state index contributed by atoms with van der Waals surface area (Å²) in [5.41, 5.74) is 2.30. The quantitative estimate of drug-likeness (QED) is 0.798. The van der Waals surface area contributed by atoms with Crippen molar-refractivity contribution in [3.05, 3.63) is 71.8 Å². The van der Waals surface area contributed by atoms with Gasteiger partial charge in [-0.25, -0.2) is 0 Å². The molecule has 0 radical (unpaired) electrons. The van der Waals surface area contributed by atoms with E-state index >= 15 is 0 Å². The predicted octanol–water partition coefficient (Wildman–Crippen LogP) is 3.25. The van der Waals surface area contributed by atoms with Crippen LogP contribution in [0.1, 0.15) is 17.5 Å². The summed E-state index contributed by atoms with van der Waals surface area (Å²) in [5, 5.41) is 9.08. The molecule has 5 nitrogen and oxygen atoms in total. The molecule has 1 saturated heterocycles. The average molecular weight is 382 g/mol. The van der Waals surface area contributed by atoms with Gasteiger partial charge in [0.1, 0.15) is 5.25 Å². The lowest BCUT2D eigenvalue weighted by atomic mass is 10.1. The van der Waals surface area contributed by atoms with Crippen molar-refractivity contribution < 1.29 is 14.7 Å². The molecule has 2 aromatic carbocycles. The zero-order valence-corrected chi connectivity index (χ0v) is 15.8. The van der Waals surface area contributed by atoms with Crippen LogP contribution in [0.5, 0.6) is 0 Å². The number of carbonyl (C=O) groups excluding carboxylic acids is 1. The van der Waals surface area contributed by atoms with E-state index in [2.05, 4.69) is 4.99 Å². The average Bonchev–Trinajstić information content (AvgIpc) is 2.68. The molecule has 3 rings (SSSR count). The molecule has 1 heterocycles. The SMILES string of the molecule is O=C(O)[C@H]1CC(=O)N(CCc2ccccc2)C(=NCCc2ccccc2)S1. The zero-order valence-electron chi connectivity index (χ0n) is 15.0. The maximum absolute atomic E-state index is 12.5. The maximum Gasteiger partial charge on any atom is 0.317 e. The van der Waals surface area contributed by atoms with Crippen molar-refractivity contribution in [2.75, 3.05) is 13.1 Å². The third-order valence-corrected chi connectivity index (χ3v) is 5.59. The Hall–Kier alpha value is -2.60. The first-order valence-electron chi connectivity index (χ1n) is 8.95. The van der Waals surface area contributed by atoms with Crippen molar-refractivity contribution in [2.45, 2.75) is 24.5 Å². The van der Waals surface area contributed by atoms with Gasteiger partial charge >= 0.3 is 5.97 Å². The lowest BCUT2D eigenvalue weighted by molar-refractivity contribution is -0.139. The summed E-state index contributed by atoms with van der Waals surface area (Å²) in [5.74, 6) is -1.14. The lowest BCUT2D eigenvalue weighted by Crippen LogP contribution is -2.45. The van der Waals surface area contributed by atoms with Gasteiger partial charge in [-0.15, -0.1) is 0 Å². The fourth-order valence-corrected chi connectivity index (χ4v) is 3.97. The number of nitrogens with zero attached hydrogens (tertiary/aromatic N) is 2. The molecule has 1 atom stereocenters. The number of aliphatic imine (C=N–C) groups is 1. The van der Waals surface area contributed by atoms with Gasteiger partial charge in [0, 0.05) is 13.1 Å². The highest BCUT2D eigenvalue weighted by Gasteiger charge is 2.35. The van der Waals surface area contributed by atoms with Crippen molar-refractivity contribution in [1.82, 2.24) is 4.90 Å². The number of hydrogen-bond acceptors (Lipinski definition) is 4. The van der Waals surface area contributed by atoms with Crippen LogP contribution < -0.4 is 0 Å². The molecule has 0 aromatic heterocycles. The van der Waals surface area contributed by atoms with Gasteiger partial charge in [0.25, 0.3) is 0 Å². The monoisotopic (exact) mass is 382 g/mol. The van der Waals surface area contributed by atoms with Gasteiger partial charge in [0.15, 0.2) is 5.17 Å². The van der Waals surface area contributed by atoms with Crippen LogP contribution in [0.2, 0.25) is 0 Å². The molecule has 27 heavy (non-hydrogen) atoms. The van der Waals surface area contributed by atoms with Crippen LogP contribution in [0, 0.1) is 0 Å². The van der Waals surface area contributed by atoms with Crippen molar-refractivity contribution in [2.24, 2.45) is 4.99 Å². The Morgan fingerprint density at radius 3 is 2.22 bits per heavy atom. The first-order valence-corrected chi connectivity index (χ1v) is 9.83. The number of thioether (sulfide) groups is 1. The second-order valence-corrected chi connectivity index (χ2v) is 7.50. The predicted molar refractivity (Wildman–Crippen MR) is 108 cm³/mol. The Balaban J connectivity index is 1.70. The Kier molecular flexibility index (Phi) is 6.65. The van der Waals surface area contributed by atoms with Crippen LogP contribution >= 0.6 is 11.8 Å². The first-order chi connectivity index (χ1) is 13.1. The van der Waals surface area contributed by atoms with Gasteiger partial charge in [0.05, 0.1) is 6.42 Å². The number of rotatable bonds is 7. The zero-order chi connectivity index (χ0) is 19.1. The van der Waals surface area contributed by atoms with E-state index in [1.54, 1.807) is 4.90 Å². The van der Waals surface area contributed by atoms with E-state index < -0.39 is 11.2 Å². The second kappa shape index (κ2) is 9.37. The Morgan fingerprint density at radius 2 is 1.63 bits per heavy atom. The molecule has 1 fully saturated rings. The highest BCUT2D eigenvalue weighted by Crippen LogP contribution is 2.27. The van der Waals surface area contributed by atoms with Gasteiger partial charge in [-0.1, -0.05) is 72.4 Å². The van der Waals surface area contributed by atoms with Crippen molar-refractivity contribution in [1.29, 1.82) is 0 Å². The number of aliphatic carboxylic acids is 1. The molecule has 1 N–H and O–H groups in total. The molecule has 0 unspecified atom stereocenters. The number of amides is 1. The molecule has 1 amide bonds. The standard InChI is InChI=1S/C21H22N2O3S/c24-19-15-18(20(25)26)27-21(22-13-11-16-7-3-1-4-8-16)23(19)14-12-17-9-5-2-6-10-17/h1-10,18H,11-15H2,(H,25,26)/t18-/m1/s1. The highest BCUT2D eigenvalue weighted by molar-refractivity contribution is 8.15. The first kappa shape index (κ1) is 19.2. The second-order valence-electron chi connectivity index (χ2n) is 6.33. The van der Waals surface area contributed by atoms with Crippen molar-refractivity contribution in [3.8, 4) is 0 Å². The van der Waals surface area contributed by atoms with Crippen LogP contribution in [0.3, 0.4) is 0 Å². The minimum absolute atomic E-state index is 0.00644. The summed E-state index contributed by atoms with van der Waals surface area (Å²) in [4.78, 5) is 30.1. The van der Waals surface area contributed by atoms with Crippen LogP contribution in [0.25, 0.3) is 0 Å². The van der Waals surface area contributed by atoms with Gasteiger partial charge in [-0.3, -0.25) is 19.5 Å². The summed E-state index contributed by atoms with van der Waals surface area (Å²) in [6, 6.07) is 19.9. The Morgan fingerprint density at radius 1 is 1.04 bits per heavy atom. The maximum atomic E-state index is 12.5. The number of carboxylic acids is 1. The van der Waals surface area contributed by atoms with E-state index in [0.29, 0.717) is 24.7 Å². The topological polar surface area (TPSA) is 70.0 Å². The molecule has 0 saturated carbocycles. The molecular weight excluding hydrogens is 360 g/mol. The molecule has 2 aromatic rings. The molecule has 1 aliphatic rings. The summed E-state index contributed by atoms with van der Waals surface area (Å²) in [6.45, 7) is 1.03. The van der Waals surface area contributed by atoms with Gasteiger partial charge < -0.3 is 5.11 Å². The lowest BCUT2D eigenvalue weighted by Gasteiger charge is -2.30. The van der Waals surface area contributed by atoms with Crippen LogP contribution in [-0.4, -0.2) is 45.4 Å². The van der Waals surface area contributed by atoms with Crippen molar-refractivity contribution >= 4 is 28.8 Å². The normalized spacial score (nSPS) is 18.7.